The average Bonchev–Trinajstić information content (AvgIpc) is 2.97. The number of anilines is 1. The first-order chi connectivity index (χ1) is 11.5. The molecule has 24 heavy (non-hydrogen) atoms. The normalized spacial score (nSPS) is 12.2. The fourth-order valence-corrected chi connectivity index (χ4v) is 2.27. The third kappa shape index (κ3) is 3.49. The van der Waals surface area contributed by atoms with Gasteiger partial charge in [-0.3, -0.25) is 4.79 Å². The number of fused-ring (bicyclic) bond motifs is 1. The summed E-state index contributed by atoms with van der Waals surface area (Å²) in [6.45, 7) is 1.56. The SMILES string of the molecule is CC(=O)c1cccc(OCC(O)Cc2nc3ncnc(N)c3[nH]2)c1. The molecule has 1 atom stereocenters. The van der Waals surface area contributed by atoms with Crippen molar-refractivity contribution in [1.82, 2.24) is 19.9 Å². The number of hydrogen-bond acceptors (Lipinski definition) is 7. The number of rotatable bonds is 6. The van der Waals surface area contributed by atoms with Crippen molar-refractivity contribution in [2.24, 2.45) is 0 Å². The van der Waals surface area contributed by atoms with Crippen molar-refractivity contribution in [1.29, 1.82) is 0 Å². The van der Waals surface area contributed by atoms with Gasteiger partial charge in [-0.25, -0.2) is 15.0 Å². The third-order valence-electron chi connectivity index (χ3n) is 3.48. The van der Waals surface area contributed by atoms with Crippen LogP contribution in [0.1, 0.15) is 23.1 Å². The summed E-state index contributed by atoms with van der Waals surface area (Å²) in [5, 5.41) is 10.1. The van der Waals surface area contributed by atoms with Gasteiger partial charge in [0.1, 0.15) is 30.0 Å². The minimum absolute atomic E-state index is 0.0398. The maximum absolute atomic E-state index is 11.4. The number of ketones is 1. The number of carbonyl (C=O) groups is 1. The second-order valence-corrected chi connectivity index (χ2v) is 5.39. The summed E-state index contributed by atoms with van der Waals surface area (Å²) in [6.07, 6.45) is 0.812. The number of nitrogens with two attached hydrogens (primary N) is 1. The van der Waals surface area contributed by atoms with Crippen molar-refractivity contribution in [3.8, 4) is 5.75 Å². The predicted octanol–water partition coefficient (Wildman–Crippen LogP) is 1.12. The number of nitrogen functional groups attached to an aromatic ring is 1. The molecule has 3 aromatic rings. The number of Topliss-reactive ketones (excluding diaryl/α,β-unsaturated/α-hetero) is 1. The summed E-state index contributed by atoms with van der Waals surface area (Å²) < 4.78 is 5.53. The average molecular weight is 327 g/mol. The zero-order valence-electron chi connectivity index (χ0n) is 13.1. The van der Waals surface area contributed by atoms with E-state index in [2.05, 4.69) is 19.9 Å². The molecule has 124 valence electrons. The quantitative estimate of drug-likeness (QED) is 0.579. The maximum Gasteiger partial charge on any atom is 0.183 e. The van der Waals surface area contributed by atoms with Crippen LogP contribution in [-0.2, 0) is 6.42 Å². The van der Waals surface area contributed by atoms with Crippen LogP contribution in [0, 0.1) is 0 Å². The van der Waals surface area contributed by atoms with E-state index in [1.165, 1.54) is 13.3 Å². The van der Waals surface area contributed by atoms with Gasteiger partial charge in [0.05, 0.1) is 6.10 Å². The van der Waals surface area contributed by atoms with E-state index in [0.717, 1.165) is 0 Å². The van der Waals surface area contributed by atoms with Gasteiger partial charge < -0.3 is 20.6 Å². The number of hydrogen-bond donors (Lipinski definition) is 3. The van der Waals surface area contributed by atoms with Gasteiger partial charge in [-0.05, 0) is 19.1 Å². The van der Waals surface area contributed by atoms with Gasteiger partial charge in [0.2, 0.25) is 0 Å². The molecule has 1 unspecified atom stereocenters. The summed E-state index contributed by atoms with van der Waals surface area (Å²) in [6, 6.07) is 6.83. The van der Waals surface area contributed by atoms with Crippen LogP contribution >= 0.6 is 0 Å². The highest BCUT2D eigenvalue weighted by atomic mass is 16.5. The largest absolute Gasteiger partial charge is 0.491 e. The van der Waals surface area contributed by atoms with Crippen LogP contribution < -0.4 is 10.5 Å². The lowest BCUT2D eigenvalue weighted by atomic mass is 10.1. The van der Waals surface area contributed by atoms with E-state index in [4.69, 9.17) is 10.5 Å². The van der Waals surface area contributed by atoms with Crippen LogP contribution in [0.2, 0.25) is 0 Å². The molecule has 0 aliphatic carbocycles. The first-order valence-electron chi connectivity index (χ1n) is 7.40. The summed E-state index contributed by atoms with van der Waals surface area (Å²) in [5.41, 5.74) is 7.31. The van der Waals surface area contributed by atoms with Crippen LogP contribution in [-0.4, -0.2) is 43.5 Å². The standard InChI is InChI=1S/C16H17N5O3/c1-9(22)10-3-2-4-12(5-10)24-7-11(23)6-13-20-14-15(17)18-8-19-16(14)21-13/h2-5,8,11,23H,6-7H2,1H3,(H3,17,18,19,20,21). The molecule has 2 heterocycles. The molecular weight excluding hydrogens is 310 g/mol. The number of imidazole rings is 1. The Kier molecular flexibility index (Phi) is 4.39. The highest BCUT2D eigenvalue weighted by Crippen LogP contribution is 2.16. The number of H-pyrrole nitrogens is 1. The van der Waals surface area contributed by atoms with E-state index in [0.29, 0.717) is 34.1 Å². The molecule has 0 aliphatic rings. The smallest absolute Gasteiger partial charge is 0.183 e. The van der Waals surface area contributed by atoms with E-state index in [1.807, 2.05) is 0 Å². The summed E-state index contributed by atoms with van der Waals surface area (Å²) in [4.78, 5) is 26.5. The van der Waals surface area contributed by atoms with Gasteiger partial charge >= 0.3 is 0 Å². The highest BCUT2D eigenvalue weighted by Gasteiger charge is 2.13. The molecule has 0 fully saturated rings. The Labute approximate surface area is 137 Å². The van der Waals surface area contributed by atoms with Crippen molar-refractivity contribution in [2.75, 3.05) is 12.3 Å². The zero-order chi connectivity index (χ0) is 17.1. The molecular formula is C16H17N5O3. The number of aliphatic hydroxyl groups is 1. The fraction of sp³-hybridized carbons (Fsp3) is 0.250. The Bertz CT molecular complexity index is 877. The Balaban J connectivity index is 1.62. The molecule has 8 nitrogen and oxygen atoms in total. The summed E-state index contributed by atoms with van der Waals surface area (Å²) >= 11 is 0. The van der Waals surface area contributed by atoms with Gasteiger partial charge in [0, 0.05) is 12.0 Å². The van der Waals surface area contributed by atoms with Gasteiger partial charge in [0.15, 0.2) is 17.2 Å². The van der Waals surface area contributed by atoms with E-state index < -0.39 is 6.10 Å². The molecule has 8 heteroatoms. The van der Waals surface area contributed by atoms with E-state index in [1.54, 1.807) is 24.3 Å². The number of benzene rings is 1. The zero-order valence-corrected chi connectivity index (χ0v) is 13.1. The lowest BCUT2D eigenvalue weighted by molar-refractivity contribution is 0.101. The van der Waals surface area contributed by atoms with Crippen LogP contribution in [0.3, 0.4) is 0 Å². The molecule has 3 rings (SSSR count). The number of aromatic nitrogens is 4. The molecule has 0 saturated heterocycles. The molecule has 4 N–H and O–H groups in total. The van der Waals surface area contributed by atoms with Gasteiger partial charge in [-0.2, -0.15) is 0 Å². The van der Waals surface area contributed by atoms with Gasteiger partial charge in [-0.1, -0.05) is 12.1 Å². The molecule has 0 bridgehead atoms. The number of carbonyl (C=O) groups excluding carboxylic acids is 1. The minimum atomic E-state index is -0.777. The fourth-order valence-electron chi connectivity index (χ4n) is 2.27. The molecule has 0 radical (unpaired) electrons. The van der Waals surface area contributed by atoms with Crippen molar-refractivity contribution in [3.05, 3.63) is 42.0 Å². The Morgan fingerprint density at radius 1 is 1.42 bits per heavy atom. The van der Waals surface area contributed by atoms with Crippen molar-refractivity contribution < 1.29 is 14.6 Å². The molecule has 0 saturated carbocycles. The molecule has 0 amide bonds. The lowest BCUT2D eigenvalue weighted by Gasteiger charge is -2.11. The molecule has 2 aromatic heterocycles. The van der Waals surface area contributed by atoms with Crippen LogP contribution in [0.25, 0.3) is 11.2 Å². The number of ether oxygens (including phenoxy) is 1. The van der Waals surface area contributed by atoms with Crippen LogP contribution in [0.15, 0.2) is 30.6 Å². The Morgan fingerprint density at radius 3 is 3.00 bits per heavy atom. The van der Waals surface area contributed by atoms with Crippen LogP contribution in [0.4, 0.5) is 5.82 Å². The third-order valence-corrected chi connectivity index (χ3v) is 3.48. The molecule has 0 spiro atoms. The van der Waals surface area contributed by atoms with E-state index in [-0.39, 0.29) is 18.8 Å². The molecule has 1 aromatic carbocycles. The first-order valence-corrected chi connectivity index (χ1v) is 7.40. The summed E-state index contributed by atoms with van der Waals surface area (Å²) in [7, 11) is 0. The van der Waals surface area contributed by atoms with Crippen LogP contribution in [0.5, 0.6) is 5.75 Å². The van der Waals surface area contributed by atoms with Crippen molar-refractivity contribution in [2.45, 2.75) is 19.4 Å². The van der Waals surface area contributed by atoms with Gasteiger partial charge in [-0.15, -0.1) is 0 Å². The van der Waals surface area contributed by atoms with E-state index >= 15 is 0 Å². The minimum Gasteiger partial charge on any atom is -0.491 e. The topological polar surface area (TPSA) is 127 Å². The lowest BCUT2D eigenvalue weighted by Crippen LogP contribution is -2.20. The number of nitrogens with one attached hydrogen (secondary N) is 1. The number of aromatic amines is 1. The summed E-state index contributed by atoms with van der Waals surface area (Å²) in [5.74, 6) is 1.35. The monoisotopic (exact) mass is 327 g/mol. The van der Waals surface area contributed by atoms with Crippen molar-refractivity contribution >= 4 is 22.8 Å². The van der Waals surface area contributed by atoms with Crippen molar-refractivity contribution in [3.63, 3.8) is 0 Å². The van der Waals surface area contributed by atoms with E-state index in [9.17, 15) is 9.90 Å². The maximum atomic E-state index is 11.4. The number of nitrogens with zero attached hydrogens (tertiary/aromatic N) is 3. The highest BCUT2D eigenvalue weighted by molar-refractivity contribution is 5.94. The number of aliphatic hydroxyl groups excluding tert-OH is 1. The predicted molar refractivity (Wildman–Crippen MR) is 87.7 cm³/mol. The second kappa shape index (κ2) is 6.63. The second-order valence-electron chi connectivity index (χ2n) is 5.39. The first kappa shape index (κ1) is 15.9. The Hall–Kier alpha value is -3.00. The molecule has 0 aliphatic heterocycles. The van der Waals surface area contributed by atoms with Gasteiger partial charge in [0.25, 0.3) is 0 Å². The Morgan fingerprint density at radius 2 is 2.25 bits per heavy atom.